The van der Waals surface area contributed by atoms with Crippen LogP contribution in [0.2, 0.25) is 0 Å². The lowest BCUT2D eigenvalue weighted by atomic mass is 10.2. The van der Waals surface area contributed by atoms with E-state index in [-0.39, 0.29) is 6.03 Å². The van der Waals surface area contributed by atoms with E-state index in [2.05, 4.69) is 15.6 Å². The van der Waals surface area contributed by atoms with Gasteiger partial charge in [0.25, 0.3) is 0 Å². The van der Waals surface area contributed by atoms with E-state index in [1.54, 1.807) is 0 Å². The Morgan fingerprint density at radius 3 is 2.42 bits per heavy atom. The number of urea groups is 1. The first kappa shape index (κ1) is 17.5. The highest BCUT2D eigenvalue weighted by atomic mass is 16.5. The number of aromatic nitrogens is 1. The van der Waals surface area contributed by atoms with E-state index >= 15 is 0 Å². The number of hydrogen-bond acceptors (Lipinski definition) is 3. The summed E-state index contributed by atoms with van der Waals surface area (Å²) in [5.74, 6) is 1.48. The SMILES string of the molecule is Cc1cccc(CNC(=O)NCc2ccccc2Oc2ccccc2)n1. The van der Waals surface area contributed by atoms with Gasteiger partial charge in [0, 0.05) is 17.8 Å². The van der Waals surface area contributed by atoms with Crippen molar-refractivity contribution < 1.29 is 9.53 Å². The minimum absolute atomic E-state index is 0.247. The smallest absolute Gasteiger partial charge is 0.315 e. The van der Waals surface area contributed by atoms with Gasteiger partial charge < -0.3 is 15.4 Å². The molecule has 5 nitrogen and oxygen atoms in total. The predicted molar refractivity (Wildman–Crippen MR) is 101 cm³/mol. The van der Waals surface area contributed by atoms with E-state index in [9.17, 15) is 4.79 Å². The van der Waals surface area contributed by atoms with Gasteiger partial charge in [0.1, 0.15) is 11.5 Å². The lowest BCUT2D eigenvalue weighted by molar-refractivity contribution is 0.240. The fourth-order valence-electron chi connectivity index (χ4n) is 2.47. The number of rotatable bonds is 6. The average molecular weight is 347 g/mol. The molecule has 0 fully saturated rings. The van der Waals surface area contributed by atoms with Gasteiger partial charge in [0.2, 0.25) is 0 Å². The van der Waals surface area contributed by atoms with Crippen LogP contribution in [0.5, 0.6) is 11.5 Å². The third-order valence-electron chi connectivity index (χ3n) is 3.76. The number of carbonyl (C=O) groups excluding carboxylic acids is 1. The van der Waals surface area contributed by atoms with Crippen LogP contribution in [0.3, 0.4) is 0 Å². The maximum Gasteiger partial charge on any atom is 0.315 e. The molecule has 0 bridgehead atoms. The summed E-state index contributed by atoms with van der Waals surface area (Å²) in [6.45, 7) is 2.68. The van der Waals surface area contributed by atoms with E-state index in [4.69, 9.17) is 4.74 Å². The highest BCUT2D eigenvalue weighted by molar-refractivity contribution is 5.73. The summed E-state index contributed by atoms with van der Waals surface area (Å²) in [5.41, 5.74) is 2.66. The minimum Gasteiger partial charge on any atom is -0.457 e. The molecule has 1 heterocycles. The molecule has 5 heteroatoms. The molecule has 1 aromatic heterocycles. The maximum absolute atomic E-state index is 12.1. The highest BCUT2D eigenvalue weighted by Gasteiger charge is 2.07. The molecule has 0 aliphatic rings. The Hall–Kier alpha value is -3.34. The first-order chi connectivity index (χ1) is 12.7. The Labute approximate surface area is 153 Å². The van der Waals surface area contributed by atoms with Crippen molar-refractivity contribution in [2.75, 3.05) is 0 Å². The van der Waals surface area contributed by atoms with Crippen LogP contribution in [0.1, 0.15) is 17.0 Å². The van der Waals surface area contributed by atoms with Crippen molar-refractivity contribution in [3.8, 4) is 11.5 Å². The molecule has 26 heavy (non-hydrogen) atoms. The molecule has 0 spiro atoms. The summed E-state index contributed by atoms with van der Waals surface area (Å²) < 4.78 is 5.90. The second kappa shape index (κ2) is 8.67. The molecule has 2 amide bonds. The largest absolute Gasteiger partial charge is 0.457 e. The van der Waals surface area contributed by atoms with E-state index < -0.39 is 0 Å². The fourth-order valence-corrected chi connectivity index (χ4v) is 2.47. The third-order valence-corrected chi connectivity index (χ3v) is 3.76. The van der Waals surface area contributed by atoms with Gasteiger partial charge in [0.05, 0.1) is 12.2 Å². The molecule has 0 radical (unpaired) electrons. The minimum atomic E-state index is -0.247. The summed E-state index contributed by atoms with van der Waals surface area (Å²) in [7, 11) is 0. The molecule has 2 N–H and O–H groups in total. The standard InChI is InChI=1S/C21H21N3O2/c1-16-8-7-10-18(24-16)15-23-21(25)22-14-17-9-5-6-13-20(17)26-19-11-3-2-4-12-19/h2-13H,14-15H2,1H3,(H2,22,23,25). The zero-order valence-electron chi connectivity index (χ0n) is 14.6. The maximum atomic E-state index is 12.1. The molecule has 132 valence electrons. The van der Waals surface area contributed by atoms with Crippen LogP contribution in [0.25, 0.3) is 0 Å². The Morgan fingerprint density at radius 2 is 1.62 bits per heavy atom. The number of hydrogen-bond donors (Lipinski definition) is 2. The number of para-hydroxylation sites is 2. The summed E-state index contributed by atoms with van der Waals surface area (Å²) in [4.78, 5) is 16.4. The molecule has 0 aliphatic heterocycles. The van der Waals surface area contributed by atoms with Crippen molar-refractivity contribution in [2.45, 2.75) is 20.0 Å². The molecular weight excluding hydrogens is 326 g/mol. The van der Waals surface area contributed by atoms with Gasteiger partial charge in [-0.1, -0.05) is 42.5 Å². The molecule has 0 aliphatic carbocycles. The van der Waals surface area contributed by atoms with E-state index in [0.717, 1.165) is 28.5 Å². The van der Waals surface area contributed by atoms with Crippen LogP contribution in [-0.4, -0.2) is 11.0 Å². The van der Waals surface area contributed by atoms with Crippen molar-refractivity contribution >= 4 is 6.03 Å². The van der Waals surface area contributed by atoms with Gasteiger partial charge in [-0.3, -0.25) is 4.98 Å². The summed E-state index contributed by atoms with van der Waals surface area (Å²) in [6.07, 6.45) is 0. The molecule has 0 unspecified atom stereocenters. The number of amides is 2. The number of pyridine rings is 1. The molecule has 3 aromatic rings. The second-order valence-electron chi connectivity index (χ2n) is 5.83. The van der Waals surface area contributed by atoms with Crippen LogP contribution >= 0.6 is 0 Å². The normalized spacial score (nSPS) is 10.2. The van der Waals surface area contributed by atoms with Crippen LogP contribution in [-0.2, 0) is 13.1 Å². The molecular formula is C21H21N3O2. The monoisotopic (exact) mass is 347 g/mol. The Bertz CT molecular complexity index is 866. The van der Waals surface area contributed by atoms with E-state index in [1.807, 2.05) is 79.7 Å². The van der Waals surface area contributed by atoms with Gasteiger partial charge in [-0.05, 0) is 37.3 Å². The second-order valence-corrected chi connectivity index (χ2v) is 5.83. The van der Waals surface area contributed by atoms with Crippen LogP contribution < -0.4 is 15.4 Å². The number of ether oxygens (including phenoxy) is 1. The van der Waals surface area contributed by atoms with Crippen molar-refractivity contribution in [3.05, 3.63) is 89.7 Å². The van der Waals surface area contributed by atoms with Gasteiger partial charge in [0.15, 0.2) is 0 Å². The first-order valence-electron chi connectivity index (χ1n) is 8.46. The summed E-state index contributed by atoms with van der Waals surface area (Å²) >= 11 is 0. The number of carbonyl (C=O) groups is 1. The lowest BCUT2D eigenvalue weighted by Gasteiger charge is -2.12. The zero-order chi connectivity index (χ0) is 18.2. The number of aryl methyl sites for hydroxylation is 1. The fraction of sp³-hybridized carbons (Fsp3) is 0.143. The number of nitrogens with one attached hydrogen (secondary N) is 2. The molecule has 2 aromatic carbocycles. The number of nitrogens with zero attached hydrogens (tertiary/aromatic N) is 1. The Kier molecular flexibility index (Phi) is 5.83. The molecule has 0 saturated carbocycles. The average Bonchev–Trinajstić information content (AvgIpc) is 2.66. The van der Waals surface area contributed by atoms with Crippen molar-refractivity contribution in [1.29, 1.82) is 0 Å². The molecule has 0 atom stereocenters. The van der Waals surface area contributed by atoms with Crippen LogP contribution in [0, 0.1) is 6.92 Å². The highest BCUT2D eigenvalue weighted by Crippen LogP contribution is 2.24. The number of benzene rings is 2. The van der Waals surface area contributed by atoms with Crippen molar-refractivity contribution in [3.63, 3.8) is 0 Å². The van der Waals surface area contributed by atoms with Crippen molar-refractivity contribution in [2.24, 2.45) is 0 Å². The topological polar surface area (TPSA) is 63.2 Å². The predicted octanol–water partition coefficient (Wildman–Crippen LogP) is 4.18. The quantitative estimate of drug-likeness (QED) is 0.703. The van der Waals surface area contributed by atoms with Gasteiger partial charge >= 0.3 is 6.03 Å². The lowest BCUT2D eigenvalue weighted by Crippen LogP contribution is -2.34. The van der Waals surface area contributed by atoms with Crippen LogP contribution in [0.15, 0.2) is 72.8 Å². The van der Waals surface area contributed by atoms with Gasteiger partial charge in [-0.2, -0.15) is 0 Å². The third kappa shape index (κ3) is 5.08. The van der Waals surface area contributed by atoms with E-state index in [0.29, 0.717) is 13.1 Å². The first-order valence-corrected chi connectivity index (χ1v) is 8.46. The summed E-state index contributed by atoms with van der Waals surface area (Å²) in [6, 6.07) is 22.7. The Balaban J connectivity index is 1.55. The van der Waals surface area contributed by atoms with Crippen molar-refractivity contribution in [1.82, 2.24) is 15.6 Å². The van der Waals surface area contributed by atoms with Crippen LogP contribution in [0.4, 0.5) is 4.79 Å². The zero-order valence-corrected chi connectivity index (χ0v) is 14.6. The molecule has 3 rings (SSSR count). The van der Waals surface area contributed by atoms with Gasteiger partial charge in [-0.25, -0.2) is 4.79 Å². The van der Waals surface area contributed by atoms with E-state index in [1.165, 1.54) is 0 Å². The summed E-state index contributed by atoms with van der Waals surface area (Å²) in [5, 5.41) is 5.66. The molecule has 0 saturated heterocycles. The Morgan fingerprint density at radius 1 is 0.885 bits per heavy atom. The van der Waals surface area contributed by atoms with Gasteiger partial charge in [-0.15, -0.1) is 0 Å².